The summed E-state index contributed by atoms with van der Waals surface area (Å²) in [6.45, 7) is 6.67. The first kappa shape index (κ1) is 31.6. The third kappa shape index (κ3) is 7.92. The number of H-pyrrole nitrogens is 1. The molecule has 0 saturated heterocycles. The van der Waals surface area contributed by atoms with Crippen molar-refractivity contribution in [2.24, 2.45) is 0 Å². The predicted octanol–water partition coefficient (Wildman–Crippen LogP) is 5.44. The van der Waals surface area contributed by atoms with Crippen molar-refractivity contribution in [2.45, 2.75) is 76.7 Å². The number of benzene rings is 1. The van der Waals surface area contributed by atoms with Crippen molar-refractivity contribution in [3.8, 4) is 17.3 Å². The largest absolute Gasteiger partial charge is 0.478 e. The number of hydrogen-bond acceptors (Lipinski definition) is 8. The molecule has 1 saturated carbocycles. The van der Waals surface area contributed by atoms with Gasteiger partial charge in [-0.15, -0.1) is 0 Å². The molecule has 0 bridgehead atoms. The Morgan fingerprint density at radius 3 is 2.56 bits per heavy atom. The molecule has 230 valence electrons. The van der Waals surface area contributed by atoms with Gasteiger partial charge in [0.15, 0.2) is 0 Å². The number of fused-ring (bicyclic) bond motifs is 1. The van der Waals surface area contributed by atoms with Crippen molar-refractivity contribution in [3.63, 3.8) is 0 Å². The zero-order valence-electron chi connectivity index (χ0n) is 24.1. The molecule has 0 radical (unpaired) electrons. The Morgan fingerprint density at radius 2 is 1.88 bits per heavy atom. The van der Waals surface area contributed by atoms with E-state index < -0.39 is 29.4 Å². The summed E-state index contributed by atoms with van der Waals surface area (Å²) in [7, 11) is 0. The van der Waals surface area contributed by atoms with Crippen LogP contribution in [0.15, 0.2) is 24.5 Å². The molecule has 0 spiro atoms. The van der Waals surface area contributed by atoms with Crippen LogP contribution in [-0.4, -0.2) is 62.9 Å². The fraction of sp³-hybridized carbons (Fsp3) is 0.483. The molecule has 4 rings (SSSR count). The number of carbonyl (C=O) groups excluding carboxylic acids is 1. The third-order valence-electron chi connectivity index (χ3n) is 7.02. The lowest BCUT2D eigenvalue weighted by atomic mass is 10.0. The van der Waals surface area contributed by atoms with Gasteiger partial charge in [0.25, 0.3) is 0 Å². The number of aromatic nitrogens is 3. The van der Waals surface area contributed by atoms with Gasteiger partial charge in [0.2, 0.25) is 5.95 Å². The highest BCUT2D eigenvalue weighted by Gasteiger charge is 2.36. The van der Waals surface area contributed by atoms with Gasteiger partial charge >= 0.3 is 18.2 Å². The number of nitrogens with zero attached hydrogens (tertiary/aromatic N) is 3. The van der Waals surface area contributed by atoms with Crippen LogP contribution < -0.4 is 16.0 Å². The Morgan fingerprint density at radius 1 is 1.16 bits per heavy atom. The molecule has 43 heavy (non-hydrogen) atoms. The quantitative estimate of drug-likeness (QED) is 0.190. The van der Waals surface area contributed by atoms with E-state index in [1.807, 2.05) is 6.07 Å². The summed E-state index contributed by atoms with van der Waals surface area (Å²) in [4.78, 5) is 34.2. The average molecular weight is 602 g/mol. The first-order chi connectivity index (χ1) is 20.3. The molecule has 1 amide bonds. The maximum atomic E-state index is 14.0. The van der Waals surface area contributed by atoms with Crippen LogP contribution in [-0.2, 0) is 10.9 Å². The monoisotopic (exact) mass is 601 g/mol. The van der Waals surface area contributed by atoms with Crippen LogP contribution in [0, 0.1) is 11.3 Å². The molecular weight excluding hydrogens is 567 g/mol. The van der Waals surface area contributed by atoms with Gasteiger partial charge in [-0.1, -0.05) is 6.07 Å². The number of hydrogen-bond donors (Lipinski definition) is 5. The molecule has 1 fully saturated rings. The Labute approximate surface area is 246 Å². The minimum absolute atomic E-state index is 0.0406. The topological polar surface area (TPSA) is 165 Å². The number of halogens is 3. The highest BCUT2D eigenvalue weighted by atomic mass is 19.4. The number of rotatable bonds is 10. The highest BCUT2D eigenvalue weighted by Crippen LogP contribution is 2.39. The van der Waals surface area contributed by atoms with Crippen molar-refractivity contribution < 1.29 is 32.6 Å². The van der Waals surface area contributed by atoms with E-state index in [0.29, 0.717) is 6.54 Å². The Hall–Kier alpha value is -4.38. The van der Waals surface area contributed by atoms with E-state index in [0.717, 1.165) is 44.8 Å². The fourth-order valence-electron chi connectivity index (χ4n) is 5.09. The van der Waals surface area contributed by atoms with Gasteiger partial charge in [0.05, 0.1) is 22.3 Å². The number of ether oxygens (including phenoxy) is 1. The molecule has 2 aromatic heterocycles. The number of carbonyl (C=O) groups is 2. The number of anilines is 1. The molecule has 2 atom stereocenters. The molecule has 11 nitrogen and oxygen atoms in total. The van der Waals surface area contributed by atoms with Crippen molar-refractivity contribution in [1.29, 1.82) is 5.26 Å². The molecule has 1 aliphatic carbocycles. The lowest BCUT2D eigenvalue weighted by Crippen LogP contribution is -2.33. The second kappa shape index (κ2) is 12.9. The molecule has 0 unspecified atom stereocenters. The minimum Gasteiger partial charge on any atom is -0.478 e. The minimum atomic E-state index is -4.75. The summed E-state index contributed by atoms with van der Waals surface area (Å²) in [5, 5.41) is 28.5. The van der Waals surface area contributed by atoms with Gasteiger partial charge < -0.3 is 30.8 Å². The molecule has 1 aliphatic rings. The summed E-state index contributed by atoms with van der Waals surface area (Å²) < 4.78 is 47.1. The van der Waals surface area contributed by atoms with Crippen LogP contribution in [0.4, 0.5) is 23.9 Å². The Balaban J connectivity index is 1.39. The number of aromatic amines is 1. The zero-order chi connectivity index (χ0) is 31.4. The van der Waals surface area contributed by atoms with Gasteiger partial charge in [0.1, 0.15) is 17.2 Å². The summed E-state index contributed by atoms with van der Waals surface area (Å²) in [6, 6.07) is 4.54. The Kier molecular flexibility index (Phi) is 9.44. The fourth-order valence-corrected chi connectivity index (χ4v) is 5.09. The molecular formula is C29H34F3N7O4. The van der Waals surface area contributed by atoms with Crippen molar-refractivity contribution in [3.05, 3.63) is 41.2 Å². The highest BCUT2D eigenvalue weighted by molar-refractivity contribution is 6.03. The van der Waals surface area contributed by atoms with Crippen molar-refractivity contribution in [1.82, 2.24) is 25.6 Å². The number of nitrogens with one attached hydrogen (secondary N) is 4. The zero-order valence-corrected chi connectivity index (χ0v) is 24.1. The number of alkyl carbamates (subject to hydrolysis) is 1. The third-order valence-corrected chi connectivity index (χ3v) is 7.02. The van der Waals surface area contributed by atoms with Gasteiger partial charge in [0, 0.05) is 42.0 Å². The summed E-state index contributed by atoms with van der Waals surface area (Å²) in [5.74, 6) is -1.28. The number of nitriles is 1. The lowest BCUT2D eigenvalue weighted by molar-refractivity contribution is -0.137. The van der Waals surface area contributed by atoms with Crippen LogP contribution in [0.25, 0.3) is 22.2 Å². The van der Waals surface area contributed by atoms with Crippen LogP contribution in [0.1, 0.15) is 74.4 Å². The van der Waals surface area contributed by atoms with Gasteiger partial charge in [-0.3, -0.25) is 0 Å². The predicted molar refractivity (Wildman–Crippen MR) is 153 cm³/mol. The maximum absolute atomic E-state index is 14.0. The standard InChI is InChI=1S/C29H34F3N7O4/c1-28(2,3)43-27(42)35-11-5-4-10-34-16-6-7-17(12-16)38-26-37-15-22(29(30,31)32)24(39-26)21-14-36-23-18(21)8-9-19(25(40)41)20(23)13-33/h8-9,14-17,34,36H,4-7,10-12H2,1-3H3,(H,35,42)(H,40,41)(H,37,38,39)/t16-,17-/m0/s1. The van der Waals surface area contributed by atoms with Crippen LogP contribution in [0.3, 0.4) is 0 Å². The van der Waals surface area contributed by atoms with E-state index in [4.69, 9.17) is 4.74 Å². The van der Waals surface area contributed by atoms with E-state index in [-0.39, 0.29) is 51.3 Å². The summed E-state index contributed by atoms with van der Waals surface area (Å²) in [6.07, 6.45) is 0.830. The number of alkyl halides is 3. The van der Waals surface area contributed by atoms with Crippen molar-refractivity contribution in [2.75, 3.05) is 18.4 Å². The van der Waals surface area contributed by atoms with E-state index in [1.54, 1.807) is 20.8 Å². The van der Waals surface area contributed by atoms with Gasteiger partial charge in [-0.05, 0) is 65.5 Å². The number of amides is 1. The normalized spacial score (nSPS) is 17.0. The number of aromatic carboxylic acids is 1. The van der Waals surface area contributed by atoms with E-state index in [9.17, 15) is 33.1 Å². The molecule has 2 heterocycles. The molecule has 0 aliphatic heterocycles. The Bertz CT molecular complexity index is 1530. The lowest BCUT2D eigenvalue weighted by Gasteiger charge is -2.19. The first-order valence-electron chi connectivity index (χ1n) is 14.0. The smallest absolute Gasteiger partial charge is 0.419 e. The molecule has 14 heteroatoms. The SMILES string of the molecule is CC(C)(C)OC(=O)NCCCCN[C@H]1CC[C@H](Nc2ncc(C(F)(F)F)c(-c3c[nH]c4c(C#N)c(C(=O)O)ccc34)n2)C1. The number of carboxylic acid groups (broad SMARTS) is 1. The average Bonchev–Trinajstić information content (AvgIpc) is 3.55. The van der Waals surface area contributed by atoms with E-state index in [1.165, 1.54) is 18.3 Å². The van der Waals surface area contributed by atoms with Crippen LogP contribution in [0.5, 0.6) is 0 Å². The van der Waals surface area contributed by atoms with Gasteiger partial charge in [-0.25, -0.2) is 19.6 Å². The van der Waals surface area contributed by atoms with Crippen LogP contribution >= 0.6 is 0 Å². The van der Waals surface area contributed by atoms with Crippen molar-refractivity contribution >= 4 is 28.9 Å². The van der Waals surface area contributed by atoms with E-state index in [2.05, 4.69) is 30.9 Å². The second-order valence-electron chi connectivity index (χ2n) is 11.4. The molecule has 1 aromatic carbocycles. The van der Waals surface area contributed by atoms with Crippen LogP contribution in [0.2, 0.25) is 0 Å². The number of carboxylic acids is 1. The second-order valence-corrected chi connectivity index (χ2v) is 11.4. The summed E-state index contributed by atoms with van der Waals surface area (Å²) >= 11 is 0. The first-order valence-corrected chi connectivity index (χ1v) is 14.0. The summed E-state index contributed by atoms with van der Waals surface area (Å²) in [5.41, 5.74) is -2.22. The van der Waals surface area contributed by atoms with Gasteiger partial charge in [-0.2, -0.15) is 18.4 Å². The number of unbranched alkanes of at least 4 members (excludes halogenated alkanes) is 1. The molecule has 5 N–H and O–H groups in total. The molecule has 3 aromatic rings. The maximum Gasteiger partial charge on any atom is 0.419 e. The van der Waals surface area contributed by atoms with E-state index >= 15 is 0 Å².